The molecule has 163 valence electrons. The minimum absolute atomic E-state index is 0. The number of imidazole rings is 1. The van der Waals surface area contributed by atoms with E-state index in [1.807, 2.05) is 36.8 Å². The Hall–Kier alpha value is -3.34. The Morgan fingerprint density at radius 3 is 2.47 bits per heavy atom. The van der Waals surface area contributed by atoms with Gasteiger partial charge in [-0.05, 0) is 37.4 Å². The number of aliphatic hydroxyl groups is 1. The average molecular weight is 601 g/mol. The average Bonchev–Trinajstić information content (AvgIpc) is 3.24. The Kier molecular flexibility index (Phi) is 7.18. The van der Waals surface area contributed by atoms with Gasteiger partial charge in [-0.1, -0.05) is 47.5 Å². The molecule has 0 aliphatic rings. The van der Waals surface area contributed by atoms with E-state index in [9.17, 15) is 4.79 Å². The summed E-state index contributed by atoms with van der Waals surface area (Å²) in [6.45, 7) is 4.96. The predicted molar refractivity (Wildman–Crippen MR) is 124 cm³/mol. The first kappa shape index (κ1) is 23.3. The summed E-state index contributed by atoms with van der Waals surface area (Å²) in [7, 11) is 0. The van der Waals surface area contributed by atoms with E-state index in [2.05, 4.69) is 57.7 Å². The number of fused-ring (bicyclic) bond motifs is 6. The van der Waals surface area contributed by atoms with Crippen molar-refractivity contribution >= 4 is 33.1 Å². The molecule has 0 fully saturated rings. The number of carbonyl (C=O) groups excluding carboxylic acids is 1. The van der Waals surface area contributed by atoms with Gasteiger partial charge in [0.1, 0.15) is 0 Å². The fourth-order valence-corrected chi connectivity index (χ4v) is 3.81. The molecule has 5 nitrogen and oxygen atoms in total. The second kappa shape index (κ2) is 9.86. The molecule has 3 aromatic heterocycles. The van der Waals surface area contributed by atoms with Crippen LogP contribution >= 0.6 is 0 Å². The van der Waals surface area contributed by atoms with Gasteiger partial charge < -0.3 is 9.51 Å². The van der Waals surface area contributed by atoms with Gasteiger partial charge in [0, 0.05) is 50.3 Å². The Labute approximate surface area is 199 Å². The van der Waals surface area contributed by atoms with E-state index in [-0.39, 0.29) is 31.6 Å². The van der Waals surface area contributed by atoms with Crippen LogP contribution in [0.3, 0.4) is 0 Å². The molecule has 1 radical (unpaired) electrons. The molecule has 1 N–H and O–H groups in total. The molecule has 0 atom stereocenters. The molecule has 6 heteroatoms. The number of aliphatic hydroxyl groups excluding tert-OH is 1. The molecule has 0 bridgehead atoms. The van der Waals surface area contributed by atoms with E-state index >= 15 is 0 Å². The van der Waals surface area contributed by atoms with Gasteiger partial charge >= 0.3 is 0 Å². The van der Waals surface area contributed by atoms with Crippen LogP contribution in [-0.2, 0) is 24.9 Å². The third-order valence-corrected chi connectivity index (χ3v) is 4.96. The second-order valence-corrected chi connectivity index (χ2v) is 7.35. The number of rotatable bonds is 2. The summed E-state index contributed by atoms with van der Waals surface area (Å²) in [4.78, 5) is 19.2. The number of para-hydroxylation sites is 1. The number of hydrogen-bond donors (Lipinski definition) is 1. The molecule has 5 aromatic rings. The number of ketones is 1. The van der Waals surface area contributed by atoms with Gasteiger partial charge in [0.15, 0.2) is 5.78 Å². The van der Waals surface area contributed by atoms with Crippen molar-refractivity contribution in [1.82, 2.24) is 14.4 Å². The SMILES string of the molecule is CC(=O)/C=C(/C)O.Cc1c[c-]c2c(c1-c1ccccn1)c1ccccc1n1ccnc21.[Ir]. The van der Waals surface area contributed by atoms with E-state index in [0.29, 0.717) is 0 Å². The van der Waals surface area contributed by atoms with Gasteiger partial charge in [0.2, 0.25) is 0 Å². The molecule has 0 spiro atoms. The van der Waals surface area contributed by atoms with Crippen molar-refractivity contribution in [1.29, 1.82) is 0 Å². The van der Waals surface area contributed by atoms with Crippen molar-refractivity contribution < 1.29 is 30.0 Å². The van der Waals surface area contributed by atoms with Gasteiger partial charge in [-0.15, -0.1) is 17.7 Å². The topological polar surface area (TPSA) is 67.5 Å². The smallest absolute Gasteiger partial charge is 0.155 e. The van der Waals surface area contributed by atoms with Crippen LogP contribution in [0.15, 0.2) is 79.0 Å². The summed E-state index contributed by atoms with van der Waals surface area (Å²) in [6.07, 6.45) is 6.86. The van der Waals surface area contributed by atoms with Crippen LogP contribution in [0, 0.1) is 13.0 Å². The molecule has 0 aliphatic heterocycles. The van der Waals surface area contributed by atoms with Crippen molar-refractivity contribution in [2.75, 3.05) is 0 Å². The minimum Gasteiger partial charge on any atom is -0.512 e. The Bertz CT molecular complexity index is 1440. The minimum atomic E-state index is -0.125. The van der Waals surface area contributed by atoms with Gasteiger partial charge in [0.25, 0.3) is 0 Å². The Morgan fingerprint density at radius 1 is 1.06 bits per heavy atom. The third-order valence-electron chi connectivity index (χ3n) is 4.96. The maximum absolute atomic E-state index is 10.0. The largest absolute Gasteiger partial charge is 0.512 e. The number of aromatic nitrogens is 3. The predicted octanol–water partition coefficient (Wildman–Crippen LogP) is 5.85. The number of benzene rings is 2. The van der Waals surface area contributed by atoms with Crippen LogP contribution < -0.4 is 0 Å². The van der Waals surface area contributed by atoms with Gasteiger partial charge in [-0.25, -0.2) is 0 Å². The zero-order chi connectivity index (χ0) is 22.0. The zero-order valence-corrected chi connectivity index (χ0v) is 20.4. The second-order valence-electron chi connectivity index (χ2n) is 7.35. The number of aryl methyl sites for hydroxylation is 1. The summed E-state index contributed by atoms with van der Waals surface area (Å²) in [5, 5.41) is 11.8. The number of hydrogen-bond acceptors (Lipinski definition) is 4. The van der Waals surface area contributed by atoms with Crippen molar-refractivity contribution in [3.05, 3.63) is 90.6 Å². The molecule has 0 aliphatic carbocycles. The molecule has 0 unspecified atom stereocenters. The monoisotopic (exact) mass is 601 g/mol. The summed E-state index contributed by atoms with van der Waals surface area (Å²) in [5.41, 5.74) is 5.39. The first-order valence-electron chi connectivity index (χ1n) is 9.95. The van der Waals surface area contributed by atoms with Gasteiger partial charge in [-0.3, -0.25) is 14.8 Å². The third kappa shape index (κ3) is 4.47. The Balaban J connectivity index is 0.000000318. The zero-order valence-electron chi connectivity index (χ0n) is 18.0. The van der Waals surface area contributed by atoms with E-state index in [0.717, 1.165) is 27.8 Å². The van der Waals surface area contributed by atoms with Crippen molar-refractivity contribution in [2.45, 2.75) is 20.8 Å². The van der Waals surface area contributed by atoms with E-state index in [1.54, 1.807) is 0 Å². The van der Waals surface area contributed by atoms with Crippen molar-refractivity contribution in [2.24, 2.45) is 0 Å². The van der Waals surface area contributed by atoms with Crippen molar-refractivity contribution in [3.63, 3.8) is 0 Å². The van der Waals surface area contributed by atoms with Crippen LogP contribution in [-0.4, -0.2) is 25.3 Å². The van der Waals surface area contributed by atoms with Crippen LogP contribution in [0.25, 0.3) is 38.6 Å². The van der Waals surface area contributed by atoms with Crippen LogP contribution in [0.1, 0.15) is 19.4 Å². The van der Waals surface area contributed by atoms with Crippen LogP contribution in [0.4, 0.5) is 0 Å². The van der Waals surface area contributed by atoms with Gasteiger partial charge in [-0.2, -0.15) is 0 Å². The number of pyridine rings is 2. The Morgan fingerprint density at radius 2 is 1.81 bits per heavy atom. The number of allylic oxidation sites excluding steroid dienone is 2. The normalized spacial score (nSPS) is 11.2. The van der Waals surface area contributed by atoms with Crippen LogP contribution in [0.5, 0.6) is 0 Å². The molecular formula is C26H22IrN3O2-. The molecule has 0 saturated carbocycles. The summed E-state index contributed by atoms with van der Waals surface area (Å²) in [5.74, 6) is -0.0625. The fraction of sp³-hybridized carbons (Fsp3) is 0.115. The maximum Gasteiger partial charge on any atom is 0.155 e. The fourth-order valence-electron chi connectivity index (χ4n) is 3.81. The van der Waals surface area contributed by atoms with Crippen LogP contribution in [0.2, 0.25) is 0 Å². The molecular weight excluding hydrogens is 579 g/mol. The van der Waals surface area contributed by atoms with E-state index < -0.39 is 0 Å². The molecule has 2 aromatic carbocycles. The number of carbonyl (C=O) groups is 1. The maximum atomic E-state index is 10.0. The van der Waals surface area contributed by atoms with E-state index in [1.165, 1.54) is 36.3 Å². The summed E-state index contributed by atoms with van der Waals surface area (Å²) >= 11 is 0. The van der Waals surface area contributed by atoms with Gasteiger partial charge in [0.05, 0.1) is 17.1 Å². The standard InChI is InChI=1S/C21H14N3.C5H8O2.Ir/c1-14-9-10-16-20(19(14)17-7-4-5-11-22-17)15-6-2-3-8-18(15)24-13-12-23-21(16)24;1-4(6)3-5(2)7;/h2-9,11-13H,1H3;3,6H,1-2H3;/q-1;;/b;4-3-;. The molecule has 5 rings (SSSR count). The number of nitrogens with zero attached hydrogens (tertiary/aromatic N) is 3. The first-order chi connectivity index (χ1) is 15.0. The molecule has 0 saturated heterocycles. The summed E-state index contributed by atoms with van der Waals surface area (Å²) < 4.78 is 2.13. The molecule has 32 heavy (non-hydrogen) atoms. The van der Waals surface area contributed by atoms with Crippen molar-refractivity contribution in [3.8, 4) is 11.3 Å². The first-order valence-corrected chi connectivity index (χ1v) is 9.95. The molecule has 3 heterocycles. The van der Waals surface area contributed by atoms with E-state index in [4.69, 9.17) is 5.11 Å². The quantitative estimate of drug-likeness (QED) is 0.120. The molecule has 0 amide bonds. The summed E-state index contributed by atoms with van der Waals surface area (Å²) in [6, 6.07) is 20.0.